The van der Waals surface area contributed by atoms with E-state index in [0.29, 0.717) is 12.2 Å². The largest absolute Gasteiger partial charge is 0.370 e. The predicted molar refractivity (Wildman–Crippen MR) is 88.0 cm³/mol. The topological polar surface area (TPSA) is 45.2 Å². The third-order valence-electron chi connectivity index (χ3n) is 3.99. The van der Waals surface area contributed by atoms with Crippen LogP contribution >= 0.6 is 0 Å². The first-order valence-electron chi connectivity index (χ1n) is 7.77. The number of amides is 1. The fourth-order valence-corrected chi connectivity index (χ4v) is 2.78. The smallest absolute Gasteiger partial charge is 0.270 e. The highest BCUT2D eigenvalue weighted by atomic mass is 16.1. The van der Waals surface area contributed by atoms with Crippen molar-refractivity contribution in [2.24, 2.45) is 0 Å². The molecule has 1 N–H and O–H groups in total. The van der Waals surface area contributed by atoms with E-state index in [0.717, 1.165) is 24.3 Å². The van der Waals surface area contributed by atoms with E-state index >= 15 is 0 Å². The lowest BCUT2D eigenvalue weighted by atomic mass is 10.1. The number of anilines is 1. The van der Waals surface area contributed by atoms with E-state index in [9.17, 15) is 4.79 Å². The summed E-state index contributed by atoms with van der Waals surface area (Å²) in [6.45, 7) is 4.74. The fraction of sp³-hybridized carbons (Fsp3) is 0.333. The fourth-order valence-electron chi connectivity index (χ4n) is 2.78. The van der Waals surface area contributed by atoms with Crippen molar-refractivity contribution < 1.29 is 4.79 Å². The van der Waals surface area contributed by atoms with Crippen molar-refractivity contribution in [3.05, 3.63) is 59.4 Å². The molecule has 1 saturated heterocycles. The van der Waals surface area contributed by atoms with Gasteiger partial charge in [0.2, 0.25) is 0 Å². The van der Waals surface area contributed by atoms with Gasteiger partial charge < -0.3 is 10.2 Å². The lowest BCUT2D eigenvalue weighted by molar-refractivity contribution is 0.0946. The molecule has 1 amide bonds. The lowest BCUT2D eigenvalue weighted by Gasteiger charge is -2.16. The van der Waals surface area contributed by atoms with Crippen LogP contribution < -0.4 is 10.2 Å². The average molecular weight is 295 g/mol. The SMILES string of the molecule is Cc1cccc(CNC(=O)c2ccc(N3CCCC3)cn2)c1. The number of nitrogens with zero attached hydrogens (tertiary/aromatic N) is 2. The summed E-state index contributed by atoms with van der Waals surface area (Å²) < 4.78 is 0. The molecule has 0 unspecified atom stereocenters. The minimum atomic E-state index is -0.130. The first-order valence-corrected chi connectivity index (χ1v) is 7.77. The first kappa shape index (κ1) is 14.6. The molecule has 2 heterocycles. The minimum absolute atomic E-state index is 0.130. The Hall–Kier alpha value is -2.36. The van der Waals surface area contributed by atoms with E-state index in [1.54, 1.807) is 12.3 Å². The molecular formula is C18H21N3O. The average Bonchev–Trinajstić information content (AvgIpc) is 3.07. The molecule has 0 bridgehead atoms. The number of carbonyl (C=O) groups excluding carboxylic acids is 1. The highest BCUT2D eigenvalue weighted by Crippen LogP contribution is 2.18. The van der Waals surface area contributed by atoms with Crippen LogP contribution in [-0.4, -0.2) is 24.0 Å². The molecule has 0 saturated carbocycles. The monoisotopic (exact) mass is 295 g/mol. The number of hydrogen-bond acceptors (Lipinski definition) is 3. The Morgan fingerprint density at radius 1 is 1.23 bits per heavy atom. The number of nitrogens with one attached hydrogen (secondary N) is 1. The molecule has 4 heteroatoms. The zero-order valence-corrected chi connectivity index (χ0v) is 12.9. The van der Waals surface area contributed by atoms with Gasteiger partial charge in [0, 0.05) is 19.6 Å². The van der Waals surface area contributed by atoms with Gasteiger partial charge in [-0.15, -0.1) is 0 Å². The second kappa shape index (κ2) is 6.60. The highest BCUT2D eigenvalue weighted by molar-refractivity contribution is 5.92. The van der Waals surface area contributed by atoms with E-state index in [1.165, 1.54) is 18.4 Å². The molecule has 1 aliphatic rings. The molecule has 3 rings (SSSR count). The number of aromatic nitrogens is 1. The normalized spacial score (nSPS) is 14.1. The molecule has 22 heavy (non-hydrogen) atoms. The summed E-state index contributed by atoms with van der Waals surface area (Å²) >= 11 is 0. The van der Waals surface area contributed by atoms with Crippen LogP contribution in [0, 0.1) is 6.92 Å². The van der Waals surface area contributed by atoms with Gasteiger partial charge in [0.15, 0.2) is 0 Å². The van der Waals surface area contributed by atoms with Crippen LogP contribution in [0.1, 0.15) is 34.5 Å². The van der Waals surface area contributed by atoms with Crippen molar-refractivity contribution in [1.29, 1.82) is 0 Å². The third kappa shape index (κ3) is 3.45. The van der Waals surface area contributed by atoms with Gasteiger partial charge in [-0.25, -0.2) is 4.98 Å². The zero-order chi connectivity index (χ0) is 15.4. The Morgan fingerprint density at radius 2 is 2.05 bits per heavy atom. The molecule has 0 atom stereocenters. The van der Waals surface area contributed by atoms with E-state index in [2.05, 4.69) is 21.3 Å². The van der Waals surface area contributed by atoms with E-state index in [4.69, 9.17) is 0 Å². The summed E-state index contributed by atoms with van der Waals surface area (Å²) in [5.74, 6) is -0.130. The van der Waals surface area contributed by atoms with Gasteiger partial charge in [0.05, 0.1) is 11.9 Å². The Bertz CT molecular complexity index is 646. The van der Waals surface area contributed by atoms with Crippen molar-refractivity contribution in [2.75, 3.05) is 18.0 Å². The van der Waals surface area contributed by atoms with Crippen molar-refractivity contribution in [3.8, 4) is 0 Å². The number of rotatable bonds is 4. The van der Waals surface area contributed by atoms with Crippen molar-refractivity contribution in [3.63, 3.8) is 0 Å². The molecule has 1 aliphatic heterocycles. The molecule has 1 aromatic carbocycles. The summed E-state index contributed by atoms with van der Waals surface area (Å²) in [4.78, 5) is 18.8. The van der Waals surface area contributed by atoms with Gasteiger partial charge in [-0.05, 0) is 37.5 Å². The van der Waals surface area contributed by atoms with E-state index < -0.39 is 0 Å². The predicted octanol–water partition coefficient (Wildman–Crippen LogP) is 2.92. The summed E-state index contributed by atoms with van der Waals surface area (Å²) in [6, 6.07) is 11.9. The van der Waals surface area contributed by atoms with E-state index in [-0.39, 0.29) is 5.91 Å². The van der Waals surface area contributed by atoms with Gasteiger partial charge >= 0.3 is 0 Å². The molecule has 0 spiro atoms. The molecule has 0 aliphatic carbocycles. The van der Waals surface area contributed by atoms with Crippen LogP contribution in [0.15, 0.2) is 42.6 Å². The van der Waals surface area contributed by atoms with Crippen molar-refractivity contribution >= 4 is 11.6 Å². The molecular weight excluding hydrogens is 274 g/mol. The van der Waals surface area contributed by atoms with Gasteiger partial charge in [-0.3, -0.25) is 4.79 Å². The quantitative estimate of drug-likeness (QED) is 0.943. The second-order valence-corrected chi connectivity index (χ2v) is 5.77. The molecule has 1 fully saturated rings. The van der Waals surface area contributed by atoms with E-state index in [1.807, 2.05) is 31.2 Å². The number of carbonyl (C=O) groups is 1. The number of hydrogen-bond donors (Lipinski definition) is 1. The van der Waals surface area contributed by atoms with Crippen LogP contribution in [0.5, 0.6) is 0 Å². The zero-order valence-electron chi connectivity index (χ0n) is 12.9. The van der Waals surface area contributed by atoms with Crippen molar-refractivity contribution in [2.45, 2.75) is 26.3 Å². The summed E-state index contributed by atoms with van der Waals surface area (Å²) in [6.07, 6.45) is 4.27. The Morgan fingerprint density at radius 3 is 2.73 bits per heavy atom. The van der Waals surface area contributed by atoms with Gasteiger partial charge in [-0.1, -0.05) is 29.8 Å². The molecule has 2 aromatic rings. The van der Waals surface area contributed by atoms with Crippen LogP contribution in [-0.2, 0) is 6.54 Å². The molecule has 0 radical (unpaired) electrons. The maximum Gasteiger partial charge on any atom is 0.270 e. The molecule has 4 nitrogen and oxygen atoms in total. The Kier molecular flexibility index (Phi) is 4.37. The van der Waals surface area contributed by atoms with Crippen LogP contribution in [0.2, 0.25) is 0 Å². The van der Waals surface area contributed by atoms with Gasteiger partial charge in [0.25, 0.3) is 5.91 Å². The van der Waals surface area contributed by atoms with Gasteiger partial charge in [-0.2, -0.15) is 0 Å². The minimum Gasteiger partial charge on any atom is -0.370 e. The van der Waals surface area contributed by atoms with Crippen LogP contribution in [0.4, 0.5) is 5.69 Å². The maximum absolute atomic E-state index is 12.1. The number of benzene rings is 1. The Labute approximate surface area is 131 Å². The third-order valence-corrected chi connectivity index (χ3v) is 3.99. The summed E-state index contributed by atoms with van der Waals surface area (Å²) in [5.41, 5.74) is 3.87. The maximum atomic E-state index is 12.1. The summed E-state index contributed by atoms with van der Waals surface area (Å²) in [5, 5.41) is 2.92. The number of pyridine rings is 1. The Balaban J connectivity index is 1.60. The number of aryl methyl sites for hydroxylation is 1. The molecule has 1 aromatic heterocycles. The van der Waals surface area contributed by atoms with Gasteiger partial charge in [0.1, 0.15) is 5.69 Å². The summed E-state index contributed by atoms with van der Waals surface area (Å²) in [7, 11) is 0. The second-order valence-electron chi connectivity index (χ2n) is 5.77. The van der Waals surface area contributed by atoms with Crippen LogP contribution in [0.3, 0.4) is 0 Å². The first-order chi connectivity index (χ1) is 10.7. The standard InChI is InChI=1S/C18H21N3O/c1-14-5-4-6-15(11-14)12-20-18(22)17-8-7-16(13-19-17)21-9-2-3-10-21/h4-8,11,13H,2-3,9-10,12H2,1H3,(H,20,22). The molecule has 114 valence electrons. The lowest BCUT2D eigenvalue weighted by Crippen LogP contribution is -2.24. The highest BCUT2D eigenvalue weighted by Gasteiger charge is 2.13. The van der Waals surface area contributed by atoms with Crippen molar-refractivity contribution in [1.82, 2.24) is 10.3 Å². The van der Waals surface area contributed by atoms with Crippen LogP contribution in [0.25, 0.3) is 0 Å².